The fourth-order valence-electron chi connectivity index (χ4n) is 1.57. The third kappa shape index (κ3) is 1.97. The van der Waals surface area contributed by atoms with Crippen molar-refractivity contribution in [3.63, 3.8) is 0 Å². The predicted molar refractivity (Wildman–Crippen MR) is 67.1 cm³/mol. The van der Waals surface area contributed by atoms with Gasteiger partial charge in [-0.3, -0.25) is 10.1 Å². The molecule has 2 aromatic rings. The lowest BCUT2D eigenvalue weighted by Gasteiger charge is -1.94. The first-order chi connectivity index (χ1) is 7.72. The van der Waals surface area contributed by atoms with Gasteiger partial charge in [-0.25, -0.2) is 0 Å². The zero-order valence-electron chi connectivity index (χ0n) is 8.84. The molecule has 82 valence electrons. The second-order valence-corrected chi connectivity index (χ2v) is 4.34. The quantitative estimate of drug-likeness (QED) is 0.595. The van der Waals surface area contributed by atoms with Crippen LogP contribution in [-0.4, -0.2) is 4.92 Å². The molecule has 1 aromatic heterocycles. The Morgan fingerprint density at radius 1 is 1.50 bits per heavy atom. The fourth-order valence-corrected chi connectivity index (χ4v) is 2.49. The van der Waals surface area contributed by atoms with E-state index in [2.05, 4.69) is 0 Å². The highest BCUT2D eigenvalue weighted by Gasteiger charge is 2.09. The van der Waals surface area contributed by atoms with Gasteiger partial charge in [-0.1, -0.05) is 25.1 Å². The summed E-state index contributed by atoms with van der Waals surface area (Å²) in [5.41, 5.74) is 1.19. The van der Waals surface area contributed by atoms with Gasteiger partial charge >= 0.3 is 0 Å². The Balaban J connectivity index is 2.52. The summed E-state index contributed by atoms with van der Waals surface area (Å²) >= 11 is 1.61. The molecule has 0 N–H and O–H groups in total. The van der Waals surface area contributed by atoms with Crippen LogP contribution >= 0.6 is 11.3 Å². The van der Waals surface area contributed by atoms with Crippen LogP contribution in [0.1, 0.15) is 18.9 Å². The number of rotatable bonds is 3. The van der Waals surface area contributed by atoms with Gasteiger partial charge in [0.05, 0.1) is 4.92 Å². The number of allylic oxidation sites excluding steroid dienone is 1. The van der Waals surface area contributed by atoms with E-state index in [1.54, 1.807) is 24.3 Å². The summed E-state index contributed by atoms with van der Waals surface area (Å²) in [6.45, 7) is 1.79. The highest BCUT2D eigenvalue weighted by atomic mass is 32.1. The summed E-state index contributed by atoms with van der Waals surface area (Å²) in [7, 11) is 0. The first-order valence-corrected chi connectivity index (χ1v) is 5.91. The summed E-state index contributed by atoms with van der Waals surface area (Å²) < 4.78 is 1.16. The van der Waals surface area contributed by atoms with Crippen LogP contribution in [0.2, 0.25) is 0 Å². The molecule has 0 aliphatic carbocycles. The van der Waals surface area contributed by atoms with Crippen molar-refractivity contribution in [1.82, 2.24) is 0 Å². The molecule has 4 heteroatoms. The number of hydrogen-bond acceptors (Lipinski definition) is 3. The van der Waals surface area contributed by atoms with E-state index in [4.69, 9.17) is 0 Å². The van der Waals surface area contributed by atoms with Crippen molar-refractivity contribution in [2.45, 2.75) is 13.3 Å². The summed E-state index contributed by atoms with van der Waals surface area (Å²) in [4.78, 5) is 10.4. The van der Waals surface area contributed by atoms with Crippen molar-refractivity contribution in [1.29, 1.82) is 0 Å². The van der Waals surface area contributed by atoms with Crippen LogP contribution in [0.3, 0.4) is 0 Å². The van der Waals surface area contributed by atoms with Crippen LogP contribution < -0.4 is 0 Å². The minimum Gasteiger partial charge on any atom is -0.259 e. The molecule has 1 aromatic carbocycles. The average molecular weight is 233 g/mol. The van der Waals surface area contributed by atoms with Crippen molar-refractivity contribution in [3.05, 3.63) is 51.0 Å². The summed E-state index contributed by atoms with van der Waals surface area (Å²) in [6, 6.07) is 7.94. The van der Waals surface area contributed by atoms with Gasteiger partial charge in [0.25, 0.3) is 0 Å². The van der Waals surface area contributed by atoms with Crippen molar-refractivity contribution < 1.29 is 4.92 Å². The molecule has 0 atom stereocenters. The first-order valence-electron chi connectivity index (χ1n) is 5.03. The number of thiophene rings is 1. The van der Waals surface area contributed by atoms with Gasteiger partial charge in [-0.15, -0.1) is 11.3 Å². The first kappa shape index (κ1) is 10.8. The van der Waals surface area contributed by atoms with E-state index in [1.165, 1.54) is 0 Å². The molecular formula is C12H11NO2S. The molecule has 0 spiro atoms. The molecule has 0 bridgehead atoms. The van der Waals surface area contributed by atoms with Gasteiger partial charge in [0.15, 0.2) is 0 Å². The molecule has 0 aliphatic heterocycles. The zero-order chi connectivity index (χ0) is 11.5. The maximum Gasteiger partial charge on any atom is 0.246 e. The SMILES string of the molecule is CCC(=Cc1csc2ccccc12)[N+](=O)[O-]. The van der Waals surface area contributed by atoms with Crippen LogP contribution in [0.15, 0.2) is 35.3 Å². The number of nitrogens with zero attached hydrogens (tertiary/aromatic N) is 1. The number of hydrogen-bond donors (Lipinski definition) is 0. The fraction of sp³-hybridized carbons (Fsp3) is 0.167. The van der Waals surface area contributed by atoms with Crippen LogP contribution in [0.4, 0.5) is 0 Å². The summed E-state index contributed by atoms with van der Waals surface area (Å²) in [5, 5.41) is 13.8. The van der Waals surface area contributed by atoms with Crippen LogP contribution in [-0.2, 0) is 0 Å². The maximum absolute atomic E-state index is 10.7. The highest BCUT2D eigenvalue weighted by Crippen LogP contribution is 2.27. The molecule has 0 radical (unpaired) electrons. The van der Waals surface area contributed by atoms with Gasteiger partial charge < -0.3 is 0 Å². The van der Waals surface area contributed by atoms with Crippen molar-refractivity contribution >= 4 is 27.5 Å². The minimum absolute atomic E-state index is 0.253. The van der Waals surface area contributed by atoms with Crippen LogP contribution in [0.25, 0.3) is 16.2 Å². The van der Waals surface area contributed by atoms with Crippen molar-refractivity contribution in [2.75, 3.05) is 0 Å². The normalized spacial score (nSPS) is 11.9. The molecule has 0 amide bonds. The Morgan fingerprint density at radius 2 is 2.25 bits per heavy atom. The van der Waals surface area contributed by atoms with Gasteiger partial charge in [0, 0.05) is 17.2 Å². The molecule has 0 saturated heterocycles. The Labute approximate surface area is 97.2 Å². The van der Waals surface area contributed by atoms with E-state index in [0.29, 0.717) is 6.42 Å². The molecule has 0 unspecified atom stereocenters. The van der Waals surface area contributed by atoms with Gasteiger partial charge in [-0.05, 0) is 22.4 Å². The summed E-state index contributed by atoms with van der Waals surface area (Å²) in [6.07, 6.45) is 2.11. The molecule has 0 aliphatic rings. The molecule has 0 saturated carbocycles. The molecular weight excluding hydrogens is 222 g/mol. The third-order valence-corrected chi connectivity index (χ3v) is 3.41. The van der Waals surface area contributed by atoms with Crippen molar-refractivity contribution in [3.8, 4) is 0 Å². The van der Waals surface area contributed by atoms with Crippen molar-refractivity contribution in [2.24, 2.45) is 0 Å². The van der Waals surface area contributed by atoms with E-state index in [0.717, 1.165) is 15.6 Å². The van der Waals surface area contributed by atoms with E-state index in [9.17, 15) is 10.1 Å². The van der Waals surface area contributed by atoms with Gasteiger partial charge in [0.2, 0.25) is 5.70 Å². The van der Waals surface area contributed by atoms with E-state index >= 15 is 0 Å². The Morgan fingerprint density at radius 3 is 2.94 bits per heavy atom. The van der Waals surface area contributed by atoms with Gasteiger partial charge in [-0.2, -0.15) is 0 Å². The smallest absolute Gasteiger partial charge is 0.246 e. The largest absolute Gasteiger partial charge is 0.259 e. The second kappa shape index (κ2) is 4.45. The Hall–Kier alpha value is -1.68. The monoisotopic (exact) mass is 233 g/mol. The maximum atomic E-state index is 10.7. The predicted octanol–water partition coefficient (Wildman–Crippen LogP) is 3.93. The lowest BCUT2D eigenvalue weighted by atomic mass is 10.1. The molecule has 16 heavy (non-hydrogen) atoms. The molecule has 3 nitrogen and oxygen atoms in total. The molecule has 2 rings (SSSR count). The molecule has 1 heterocycles. The van der Waals surface area contributed by atoms with E-state index < -0.39 is 0 Å². The Bertz CT molecular complexity index is 557. The Kier molecular flexibility index (Phi) is 3.01. The average Bonchev–Trinajstić information content (AvgIpc) is 2.69. The minimum atomic E-state index is -0.313. The number of fused-ring (bicyclic) bond motifs is 1. The zero-order valence-corrected chi connectivity index (χ0v) is 9.66. The molecule has 0 fully saturated rings. The second-order valence-electron chi connectivity index (χ2n) is 3.43. The third-order valence-electron chi connectivity index (χ3n) is 2.43. The lowest BCUT2D eigenvalue weighted by Crippen LogP contribution is -1.96. The topological polar surface area (TPSA) is 43.1 Å². The highest BCUT2D eigenvalue weighted by molar-refractivity contribution is 7.17. The van der Waals surface area contributed by atoms with E-state index in [-0.39, 0.29) is 10.6 Å². The van der Waals surface area contributed by atoms with Gasteiger partial charge in [0.1, 0.15) is 0 Å². The van der Waals surface area contributed by atoms with E-state index in [1.807, 2.05) is 29.6 Å². The number of benzene rings is 1. The van der Waals surface area contributed by atoms with Crippen LogP contribution in [0, 0.1) is 10.1 Å². The lowest BCUT2D eigenvalue weighted by molar-refractivity contribution is -0.425. The summed E-state index contributed by atoms with van der Waals surface area (Å²) in [5.74, 6) is 0. The van der Waals surface area contributed by atoms with Crippen LogP contribution in [0.5, 0.6) is 0 Å². The standard InChI is InChI=1S/C12H11NO2S/c1-2-10(13(14)15)7-9-8-16-12-6-4-3-5-11(9)12/h3-8H,2H2,1H3. The number of nitro groups is 1.